The number of fused-ring (bicyclic) bond motifs is 2. The number of hydrogen-bond donors (Lipinski definition) is 1. The number of nitrogens with two attached hydrogens (primary N) is 1. The molecule has 0 saturated heterocycles. The summed E-state index contributed by atoms with van der Waals surface area (Å²) in [7, 11) is 0. The zero-order valence-corrected chi connectivity index (χ0v) is 9.28. The van der Waals surface area contributed by atoms with Gasteiger partial charge in [0.1, 0.15) is 6.61 Å². The van der Waals surface area contributed by atoms with Crippen LogP contribution in [0.3, 0.4) is 0 Å². The number of rotatable bonds is 6. The Kier molecular flexibility index (Phi) is 3.76. The predicted molar refractivity (Wildman–Crippen MR) is 58.4 cm³/mol. The van der Waals surface area contributed by atoms with E-state index in [1.54, 1.807) is 0 Å². The summed E-state index contributed by atoms with van der Waals surface area (Å²) in [6.45, 7) is 1.27. The second-order valence-electron chi connectivity index (χ2n) is 5.02. The van der Waals surface area contributed by atoms with Gasteiger partial charge in [-0.05, 0) is 37.0 Å². The molecule has 2 fully saturated rings. The molecule has 3 unspecified atom stereocenters. The van der Waals surface area contributed by atoms with Gasteiger partial charge < -0.3 is 10.5 Å². The van der Waals surface area contributed by atoms with Gasteiger partial charge in [-0.1, -0.05) is 6.42 Å². The highest BCUT2D eigenvalue weighted by Gasteiger charge is 2.39. The lowest BCUT2D eigenvalue weighted by Crippen LogP contribution is -2.20. The third-order valence-electron chi connectivity index (χ3n) is 3.90. The molecular formula is C12H21NO2. The Bertz CT molecular complexity index is 230. The smallest absolute Gasteiger partial charge is 0.158 e. The first-order valence-electron chi connectivity index (χ1n) is 6.09. The molecule has 0 aromatic heterocycles. The van der Waals surface area contributed by atoms with Crippen LogP contribution in [0, 0.1) is 17.8 Å². The molecule has 0 radical (unpaired) electrons. The Labute approximate surface area is 91.4 Å². The number of ketones is 1. The lowest BCUT2D eigenvalue weighted by Gasteiger charge is -2.20. The largest absolute Gasteiger partial charge is 0.372 e. The van der Waals surface area contributed by atoms with Crippen LogP contribution in [0.2, 0.25) is 0 Å². The summed E-state index contributed by atoms with van der Waals surface area (Å²) in [5.74, 6) is 2.70. The Morgan fingerprint density at radius 2 is 2.20 bits per heavy atom. The monoisotopic (exact) mass is 211 g/mol. The van der Waals surface area contributed by atoms with Crippen LogP contribution in [0.1, 0.15) is 32.1 Å². The minimum absolute atomic E-state index is 0.265. The summed E-state index contributed by atoms with van der Waals surface area (Å²) < 4.78 is 5.16. The SMILES string of the molecule is NCCOCC(=O)CC1CC2CCC1C2. The normalized spacial score (nSPS) is 33.5. The quantitative estimate of drug-likeness (QED) is 0.675. The third-order valence-corrected chi connectivity index (χ3v) is 3.90. The zero-order valence-electron chi connectivity index (χ0n) is 9.28. The van der Waals surface area contributed by atoms with E-state index in [2.05, 4.69) is 0 Å². The van der Waals surface area contributed by atoms with Crippen molar-refractivity contribution in [3.05, 3.63) is 0 Å². The Morgan fingerprint density at radius 1 is 1.33 bits per heavy atom. The van der Waals surface area contributed by atoms with Gasteiger partial charge in [0.05, 0.1) is 6.61 Å². The maximum atomic E-state index is 11.6. The van der Waals surface area contributed by atoms with Crippen molar-refractivity contribution in [2.24, 2.45) is 23.5 Å². The van der Waals surface area contributed by atoms with Gasteiger partial charge in [-0.25, -0.2) is 0 Å². The lowest BCUT2D eigenvalue weighted by atomic mass is 9.85. The molecule has 15 heavy (non-hydrogen) atoms. The van der Waals surface area contributed by atoms with Crippen LogP contribution < -0.4 is 5.73 Å². The molecule has 0 aromatic rings. The van der Waals surface area contributed by atoms with Crippen LogP contribution in [0.25, 0.3) is 0 Å². The minimum atomic E-state index is 0.265. The van der Waals surface area contributed by atoms with Crippen molar-refractivity contribution >= 4 is 5.78 Å². The maximum Gasteiger partial charge on any atom is 0.158 e. The molecule has 3 atom stereocenters. The van der Waals surface area contributed by atoms with Gasteiger partial charge in [-0.15, -0.1) is 0 Å². The minimum Gasteiger partial charge on any atom is -0.372 e. The first kappa shape index (κ1) is 11.1. The molecule has 2 aliphatic carbocycles. The molecule has 3 nitrogen and oxygen atoms in total. The van der Waals surface area contributed by atoms with Crippen molar-refractivity contribution in [2.75, 3.05) is 19.8 Å². The van der Waals surface area contributed by atoms with Gasteiger partial charge in [-0.3, -0.25) is 4.79 Å². The number of ether oxygens (including phenoxy) is 1. The first-order valence-corrected chi connectivity index (χ1v) is 6.09. The van der Waals surface area contributed by atoms with E-state index in [0.29, 0.717) is 19.1 Å². The molecule has 3 heteroatoms. The van der Waals surface area contributed by atoms with Crippen molar-refractivity contribution < 1.29 is 9.53 Å². The predicted octanol–water partition coefficient (Wildman–Crippen LogP) is 1.36. The summed E-state index contributed by atoms with van der Waals surface area (Å²) >= 11 is 0. The van der Waals surface area contributed by atoms with Gasteiger partial charge in [0, 0.05) is 13.0 Å². The average molecular weight is 211 g/mol. The van der Waals surface area contributed by atoms with Gasteiger partial charge in [-0.2, -0.15) is 0 Å². The van der Waals surface area contributed by atoms with E-state index in [-0.39, 0.29) is 12.4 Å². The molecule has 0 amide bonds. The second kappa shape index (κ2) is 5.08. The van der Waals surface area contributed by atoms with Crippen molar-refractivity contribution in [3.63, 3.8) is 0 Å². The molecule has 0 spiro atoms. The van der Waals surface area contributed by atoms with E-state index in [0.717, 1.165) is 18.3 Å². The lowest BCUT2D eigenvalue weighted by molar-refractivity contribution is -0.124. The van der Waals surface area contributed by atoms with Crippen LogP contribution in [0.5, 0.6) is 0 Å². The van der Waals surface area contributed by atoms with Gasteiger partial charge >= 0.3 is 0 Å². The molecule has 2 aliphatic rings. The summed E-state index contributed by atoms with van der Waals surface area (Å²) in [6.07, 6.45) is 6.16. The number of carbonyl (C=O) groups excluding carboxylic acids is 1. The van der Waals surface area contributed by atoms with Crippen LogP contribution in [0.4, 0.5) is 0 Å². The van der Waals surface area contributed by atoms with Crippen molar-refractivity contribution in [3.8, 4) is 0 Å². The average Bonchev–Trinajstić information content (AvgIpc) is 2.79. The fourth-order valence-corrected chi connectivity index (χ4v) is 3.25. The molecule has 0 aliphatic heterocycles. The number of Topliss-reactive ketones (excluding diaryl/α,β-unsaturated/α-hetero) is 1. The zero-order chi connectivity index (χ0) is 10.7. The third kappa shape index (κ3) is 2.79. The molecule has 86 valence electrons. The molecule has 2 saturated carbocycles. The van der Waals surface area contributed by atoms with Crippen LogP contribution >= 0.6 is 0 Å². The molecular weight excluding hydrogens is 190 g/mol. The first-order chi connectivity index (χ1) is 7.29. The van der Waals surface area contributed by atoms with E-state index >= 15 is 0 Å². The van der Waals surface area contributed by atoms with Gasteiger partial charge in [0.15, 0.2) is 5.78 Å². The van der Waals surface area contributed by atoms with Crippen molar-refractivity contribution in [2.45, 2.75) is 32.1 Å². The van der Waals surface area contributed by atoms with E-state index in [1.807, 2.05) is 0 Å². The summed E-state index contributed by atoms with van der Waals surface area (Å²) in [6, 6.07) is 0. The highest BCUT2D eigenvalue weighted by molar-refractivity contribution is 5.79. The maximum absolute atomic E-state index is 11.6. The molecule has 0 heterocycles. The number of carbonyl (C=O) groups is 1. The van der Waals surface area contributed by atoms with E-state index in [1.165, 1.54) is 25.7 Å². The fourth-order valence-electron chi connectivity index (χ4n) is 3.25. The molecule has 2 N–H and O–H groups in total. The fraction of sp³-hybridized carbons (Fsp3) is 0.917. The molecule has 2 bridgehead atoms. The summed E-state index contributed by atoms with van der Waals surface area (Å²) in [5, 5.41) is 0. The Hall–Kier alpha value is -0.410. The van der Waals surface area contributed by atoms with Crippen molar-refractivity contribution in [1.29, 1.82) is 0 Å². The Morgan fingerprint density at radius 3 is 2.80 bits per heavy atom. The standard InChI is InChI=1S/C12H21NO2/c13-3-4-15-8-12(14)7-11-6-9-1-2-10(11)5-9/h9-11H,1-8,13H2. The molecule has 0 aromatic carbocycles. The molecule has 2 rings (SSSR count). The summed E-state index contributed by atoms with van der Waals surface area (Å²) in [5.41, 5.74) is 5.29. The van der Waals surface area contributed by atoms with Gasteiger partial charge in [0.2, 0.25) is 0 Å². The number of hydrogen-bond acceptors (Lipinski definition) is 3. The highest BCUT2D eigenvalue weighted by Crippen LogP contribution is 2.49. The van der Waals surface area contributed by atoms with Crippen LogP contribution in [-0.2, 0) is 9.53 Å². The van der Waals surface area contributed by atoms with Crippen molar-refractivity contribution in [1.82, 2.24) is 0 Å². The summed E-state index contributed by atoms with van der Waals surface area (Å²) in [4.78, 5) is 11.6. The van der Waals surface area contributed by atoms with Crippen LogP contribution in [0.15, 0.2) is 0 Å². The van der Waals surface area contributed by atoms with E-state index in [4.69, 9.17) is 10.5 Å². The highest BCUT2D eigenvalue weighted by atomic mass is 16.5. The van der Waals surface area contributed by atoms with E-state index < -0.39 is 0 Å². The Balaban J connectivity index is 1.66. The van der Waals surface area contributed by atoms with Gasteiger partial charge in [0.25, 0.3) is 0 Å². The second-order valence-corrected chi connectivity index (χ2v) is 5.02. The van der Waals surface area contributed by atoms with E-state index in [9.17, 15) is 4.79 Å². The van der Waals surface area contributed by atoms with Crippen LogP contribution in [-0.4, -0.2) is 25.5 Å². The topological polar surface area (TPSA) is 52.3 Å².